The first-order valence-corrected chi connectivity index (χ1v) is 6.98. The highest BCUT2D eigenvalue weighted by atomic mass is 16.5. The van der Waals surface area contributed by atoms with E-state index in [2.05, 4.69) is 0 Å². The Bertz CT molecular complexity index is 524. The van der Waals surface area contributed by atoms with E-state index in [1.807, 2.05) is 24.0 Å². The first-order chi connectivity index (χ1) is 9.52. The van der Waals surface area contributed by atoms with Crippen LogP contribution in [0.2, 0.25) is 0 Å². The summed E-state index contributed by atoms with van der Waals surface area (Å²) in [7, 11) is 1.60. The van der Waals surface area contributed by atoms with Crippen LogP contribution in [0.25, 0.3) is 0 Å². The average molecular weight is 275 g/mol. The molecule has 2 rings (SSSR count). The lowest BCUT2D eigenvalue weighted by Gasteiger charge is -2.24. The molecule has 1 atom stereocenters. The summed E-state index contributed by atoms with van der Waals surface area (Å²) in [6.45, 7) is 4.25. The van der Waals surface area contributed by atoms with Crippen molar-refractivity contribution in [2.45, 2.75) is 39.2 Å². The maximum Gasteiger partial charge on any atom is 0.254 e. The molecule has 0 aliphatic carbocycles. The number of hydrogen-bond acceptors (Lipinski definition) is 3. The van der Waals surface area contributed by atoms with E-state index in [0.29, 0.717) is 12.0 Å². The van der Waals surface area contributed by atoms with Gasteiger partial charge < -0.3 is 9.64 Å². The number of likely N-dealkylation sites (tertiary alicyclic amines) is 1. The zero-order chi connectivity index (χ0) is 14.7. The molecule has 1 fully saturated rings. The summed E-state index contributed by atoms with van der Waals surface area (Å²) in [4.78, 5) is 25.7. The average Bonchev–Trinajstić information content (AvgIpc) is 2.85. The van der Waals surface area contributed by atoms with Gasteiger partial charge in [0.25, 0.3) is 5.91 Å². The van der Waals surface area contributed by atoms with Crippen LogP contribution in [0.15, 0.2) is 18.2 Å². The lowest BCUT2D eigenvalue weighted by Crippen LogP contribution is -2.36. The first-order valence-electron chi connectivity index (χ1n) is 6.98. The summed E-state index contributed by atoms with van der Waals surface area (Å²) in [5.74, 6) is 0.849. The molecule has 0 bridgehead atoms. The lowest BCUT2D eigenvalue weighted by atomic mass is 10.1. The second-order valence-electron chi connectivity index (χ2n) is 5.39. The Labute approximate surface area is 119 Å². The Morgan fingerprint density at radius 3 is 2.80 bits per heavy atom. The van der Waals surface area contributed by atoms with E-state index in [-0.39, 0.29) is 17.7 Å². The Morgan fingerprint density at radius 2 is 2.15 bits per heavy atom. The molecular formula is C16H21NO3. The van der Waals surface area contributed by atoms with Crippen LogP contribution < -0.4 is 4.74 Å². The smallest absolute Gasteiger partial charge is 0.254 e. The SMILES string of the molecule is COc1cc(C(=O)N2CCCC2CC(C)=O)ccc1C. The second-order valence-corrected chi connectivity index (χ2v) is 5.39. The van der Waals surface area contributed by atoms with Crippen molar-refractivity contribution in [3.63, 3.8) is 0 Å². The van der Waals surface area contributed by atoms with Gasteiger partial charge in [0.05, 0.1) is 7.11 Å². The molecule has 20 heavy (non-hydrogen) atoms. The first kappa shape index (κ1) is 14.6. The van der Waals surface area contributed by atoms with E-state index in [9.17, 15) is 9.59 Å². The van der Waals surface area contributed by atoms with Gasteiger partial charge in [-0.3, -0.25) is 9.59 Å². The fourth-order valence-corrected chi connectivity index (χ4v) is 2.77. The molecule has 0 saturated carbocycles. The Kier molecular flexibility index (Phi) is 4.42. The summed E-state index contributed by atoms with van der Waals surface area (Å²) in [5.41, 5.74) is 1.63. The fraction of sp³-hybridized carbons (Fsp3) is 0.500. The van der Waals surface area contributed by atoms with E-state index >= 15 is 0 Å². The normalized spacial score (nSPS) is 18.1. The zero-order valence-corrected chi connectivity index (χ0v) is 12.3. The summed E-state index contributed by atoms with van der Waals surface area (Å²) >= 11 is 0. The molecule has 0 N–H and O–H groups in total. The number of amides is 1. The highest BCUT2D eigenvalue weighted by molar-refractivity contribution is 5.95. The summed E-state index contributed by atoms with van der Waals surface area (Å²) in [6, 6.07) is 5.54. The molecule has 4 nitrogen and oxygen atoms in total. The van der Waals surface area contributed by atoms with Gasteiger partial charge in [0.15, 0.2) is 0 Å². The van der Waals surface area contributed by atoms with Crippen molar-refractivity contribution in [3.05, 3.63) is 29.3 Å². The second kappa shape index (κ2) is 6.07. The number of benzene rings is 1. The monoisotopic (exact) mass is 275 g/mol. The fourth-order valence-electron chi connectivity index (χ4n) is 2.77. The molecule has 1 aliphatic heterocycles. The van der Waals surface area contributed by atoms with Crippen molar-refractivity contribution in [2.24, 2.45) is 0 Å². The van der Waals surface area contributed by atoms with Crippen molar-refractivity contribution >= 4 is 11.7 Å². The lowest BCUT2D eigenvalue weighted by molar-refractivity contribution is -0.117. The molecule has 1 aromatic carbocycles. The number of hydrogen-bond donors (Lipinski definition) is 0. The number of carbonyl (C=O) groups is 2. The highest BCUT2D eigenvalue weighted by Crippen LogP contribution is 2.25. The molecular weight excluding hydrogens is 254 g/mol. The minimum atomic E-state index is -0.00736. The number of Topliss-reactive ketones (excluding diaryl/α,β-unsaturated/α-hetero) is 1. The molecule has 1 aliphatic rings. The van der Waals surface area contributed by atoms with Gasteiger partial charge in [-0.2, -0.15) is 0 Å². The van der Waals surface area contributed by atoms with Crippen LogP contribution in [-0.4, -0.2) is 36.3 Å². The highest BCUT2D eigenvalue weighted by Gasteiger charge is 2.30. The van der Waals surface area contributed by atoms with Gasteiger partial charge in [0.1, 0.15) is 11.5 Å². The van der Waals surface area contributed by atoms with E-state index in [0.717, 1.165) is 30.7 Å². The topological polar surface area (TPSA) is 46.6 Å². The maximum atomic E-state index is 12.6. The minimum absolute atomic E-state index is 0.00736. The van der Waals surface area contributed by atoms with Crippen LogP contribution in [-0.2, 0) is 4.79 Å². The van der Waals surface area contributed by atoms with Crippen LogP contribution in [0.4, 0.5) is 0 Å². The van der Waals surface area contributed by atoms with Crippen molar-refractivity contribution < 1.29 is 14.3 Å². The van der Waals surface area contributed by atoms with Crippen LogP contribution in [0, 0.1) is 6.92 Å². The number of rotatable bonds is 4. The molecule has 1 heterocycles. The molecule has 4 heteroatoms. The van der Waals surface area contributed by atoms with Gasteiger partial charge in [0.2, 0.25) is 0 Å². The predicted molar refractivity (Wildman–Crippen MR) is 77.1 cm³/mol. The predicted octanol–water partition coefficient (Wildman–Crippen LogP) is 2.59. The molecule has 1 aromatic rings. The number of carbonyl (C=O) groups excluding carboxylic acids is 2. The van der Waals surface area contributed by atoms with Crippen LogP contribution in [0.1, 0.15) is 42.1 Å². The van der Waals surface area contributed by atoms with Crippen LogP contribution in [0.5, 0.6) is 5.75 Å². The van der Waals surface area contributed by atoms with Gasteiger partial charge in [-0.25, -0.2) is 0 Å². The third-order valence-corrected chi connectivity index (χ3v) is 3.82. The number of nitrogens with zero attached hydrogens (tertiary/aromatic N) is 1. The standard InChI is InChI=1S/C16H21NO3/c1-11-6-7-13(10-15(11)20-3)16(19)17-8-4-5-14(17)9-12(2)18/h6-7,10,14H,4-5,8-9H2,1-3H3. The Hall–Kier alpha value is -1.84. The summed E-state index contributed by atoms with van der Waals surface area (Å²) in [5, 5.41) is 0. The minimum Gasteiger partial charge on any atom is -0.496 e. The van der Waals surface area contributed by atoms with E-state index in [1.165, 1.54) is 0 Å². The third-order valence-electron chi connectivity index (χ3n) is 3.82. The number of ketones is 1. The molecule has 1 saturated heterocycles. The van der Waals surface area contributed by atoms with Gasteiger partial charge in [-0.1, -0.05) is 6.07 Å². The number of ether oxygens (including phenoxy) is 1. The van der Waals surface area contributed by atoms with E-state index in [1.54, 1.807) is 20.1 Å². The van der Waals surface area contributed by atoms with Crippen molar-refractivity contribution in [3.8, 4) is 5.75 Å². The zero-order valence-electron chi connectivity index (χ0n) is 12.3. The molecule has 1 amide bonds. The molecule has 0 spiro atoms. The summed E-state index contributed by atoms with van der Waals surface area (Å²) < 4.78 is 5.26. The van der Waals surface area contributed by atoms with E-state index in [4.69, 9.17) is 4.74 Å². The van der Waals surface area contributed by atoms with Gasteiger partial charge in [-0.15, -0.1) is 0 Å². The number of methoxy groups -OCH3 is 1. The Morgan fingerprint density at radius 1 is 1.40 bits per heavy atom. The van der Waals surface area contributed by atoms with Crippen molar-refractivity contribution in [1.82, 2.24) is 4.90 Å². The van der Waals surface area contributed by atoms with Gasteiger partial charge >= 0.3 is 0 Å². The van der Waals surface area contributed by atoms with Crippen LogP contribution in [0.3, 0.4) is 0 Å². The van der Waals surface area contributed by atoms with Crippen LogP contribution >= 0.6 is 0 Å². The summed E-state index contributed by atoms with van der Waals surface area (Å²) in [6.07, 6.45) is 2.33. The molecule has 0 radical (unpaired) electrons. The third kappa shape index (κ3) is 3.00. The van der Waals surface area contributed by atoms with Crippen molar-refractivity contribution in [2.75, 3.05) is 13.7 Å². The largest absolute Gasteiger partial charge is 0.496 e. The molecule has 108 valence electrons. The van der Waals surface area contributed by atoms with Crippen molar-refractivity contribution in [1.29, 1.82) is 0 Å². The van der Waals surface area contributed by atoms with E-state index < -0.39 is 0 Å². The maximum absolute atomic E-state index is 12.6. The molecule has 0 aromatic heterocycles. The van der Waals surface area contributed by atoms with Gasteiger partial charge in [-0.05, 0) is 44.4 Å². The Balaban J connectivity index is 2.20. The van der Waals surface area contributed by atoms with Gasteiger partial charge in [0, 0.05) is 24.6 Å². The number of aryl methyl sites for hydroxylation is 1. The quantitative estimate of drug-likeness (QED) is 0.848. The molecule has 1 unspecified atom stereocenters.